The van der Waals surface area contributed by atoms with Crippen LogP contribution in [0.2, 0.25) is 0 Å². The Morgan fingerprint density at radius 3 is 1.10 bits per heavy atom. The fraction of sp³-hybridized carbons (Fsp3) is 0.0500. The zero-order valence-electron chi connectivity index (χ0n) is 23.9. The molecule has 42 heavy (non-hydrogen) atoms. The van der Waals surface area contributed by atoms with Crippen molar-refractivity contribution in [2.75, 3.05) is 10.6 Å². The number of para-hydroxylation sites is 2. The monoisotopic (exact) mass is 540 g/mol. The zero-order valence-corrected chi connectivity index (χ0v) is 23.9. The second kappa shape index (κ2) is 10.9. The third-order valence-electron chi connectivity index (χ3n) is 8.00. The van der Waals surface area contributed by atoms with Crippen LogP contribution in [0.4, 0.5) is 22.7 Å². The van der Waals surface area contributed by atoms with Crippen LogP contribution in [0.25, 0.3) is 43.8 Å². The molecule has 0 spiro atoms. The summed E-state index contributed by atoms with van der Waals surface area (Å²) in [6.45, 7) is 4.26. The molecule has 0 fully saturated rings. The molecular formula is C40H32N2. The molecule has 0 aliphatic heterocycles. The molecule has 0 aromatic heterocycles. The number of anilines is 4. The van der Waals surface area contributed by atoms with E-state index < -0.39 is 0 Å². The Morgan fingerprint density at radius 2 is 0.690 bits per heavy atom. The van der Waals surface area contributed by atoms with E-state index in [0.29, 0.717) is 0 Å². The molecule has 0 amide bonds. The fourth-order valence-electron chi connectivity index (χ4n) is 5.83. The lowest BCUT2D eigenvalue weighted by molar-refractivity contribution is 1.47. The predicted molar refractivity (Wildman–Crippen MR) is 181 cm³/mol. The molecule has 0 atom stereocenters. The topological polar surface area (TPSA) is 24.1 Å². The Kier molecular flexibility index (Phi) is 6.65. The summed E-state index contributed by atoms with van der Waals surface area (Å²) in [5, 5.41) is 12.4. The standard InChI is InChI=1S/C40H32N2/c1-27-19-23-29(24-20-27)33-13-5-9-31-11-7-17-37(39(31)33)41-35-15-3-4-16-36(35)42-38-18-8-12-32-10-6-14-34(40(32)38)30-25-21-28(2)22-26-30/h3-26,41-42H,1-2H3. The van der Waals surface area contributed by atoms with Crippen molar-refractivity contribution in [2.24, 2.45) is 0 Å². The molecule has 7 aromatic rings. The average molecular weight is 541 g/mol. The van der Waals surface area contributed by atoms with Crippen molar-refractivity contribution in [3.8, 4) is 22.3 Å². The maximum atomic E-state index is 3.80. The van der Waals surface area contributed by atoms with Gasteiger partial charge >= 0.3 is 0 Å². The lowest BCUT2D eigenvalue weighted by Crippen LogP contribution is -1.99. The van der Waals surface area contributed by atoms with Crippen molar-refractivity contribution in [3.05, 3.63) is 157 Å². The maximum Gasteiger partial charge on any atom is 0.0623 e. The lowest BCUT2D eigenvalue weighted by atomic mass is 9.96. The predicted octanol–water partition coefficient (Wildman–Crippen LogP) is 11.4. The molecule has 0 saturated heterocycles. The molecule has 7 rings (SSSR count). The first-order chi connectivity index (χ1) is 20.6. The summed E-state index contributed by atoms with van der Waals surface area (Å²) in [4.78, 5) is 0. The summed E-state index contributed by atoms with van der Waals surface area (Å²) >= 11 is 0. The third kappa shape index (κ3) is 4.88. The molecule has 0 saturated carbocycles. The van der Waals surface area contributed by atoms with Gasteiger partial charge in [0.2, 0.25) is 0 Å². The third-order valence-corrected chi connectivity index (χ3v) is 8.00. The second-order valence-corrected chi connectivity index (χ2v) is 10.9. The van der Waals surface area contributed by atoms with Crippen molar-refractivity contribution >= 4 is 44.3 Å². The Hall–Kier alpha value is -5.34. The van der Waals surface area contributed by atoms with Gasteiger partial charge < -0.3 is 10.6 Å². The van der Waals surface area contributed by atoms with Gasteiger partial charge in [0, 0.05) is 22.1 Å². The van der Waals surface area contributed by atoms with E-state index in [9.17, 15) is 0 Å². The van der Waals surface area contributed by atoms with E-state index in [2.05, 4.69) is 170 Å². The number of aryl methyl sites for hydroxylation is 2. The van der Waals surface area contributed by atoms with Crippen molar-refractivity contribution in [2.45, 2.75) is 13.8 Å². The highest BCUT2D eigenvalue weighted by atomic mass is 15.0. The molecule has 2 nitrogen and oxygen atoms in total. The molecule has 0 unspecified atom stereocenters. The van der Waals surface area contributed by atoms with Crippen LogP contribution >= 0.6 is 0 Å². The highest BCUT2D eigenvalue weighted by Crippen LogP contribution is 2.39. The van der Waals surface area contributed by atoms with Crippen LogP contribution in [0.1, 0.15) is 11.1 Å². The minimum atomic E-state index is 1.02. The van der Waals surface area contributed by atoms with E-state index in [0.717, 1.165) is 22.7 Å². The smallest absolute Gasteiger partial charge is 0.0623 e. The van der Waals surface area contributed by atoms with Crippen molar-refractivity contribution in [1.29, 1.82) is 0 Å². The van der Waals surface area contributed by atoms with Gasteiger partial charge in [0.05, 0.1) is 11.4 Å². The van der Waals surface area contributed by atoms with Crippen molar-refractivity contribution in [3.63, 3.8) is 0 Å². The number of hydrogen-bond donors (Lipinski definition) is 2. The minimum Gasteiger partial charge on any atom is -0.353 e. The first-order valence-corrected chi connectivity index (χ1v) is 14.4. The highest BCUT2D eigenvalue weighted by Gasteiger charge is 2.13. The average Bonchev–Trinajstić information content (AvgIpc) is 3.02. The second-order valence-electron chi connectivity index (χ2n) is 10.9. The number of rotatable bonds is 6. The van der Waals surface area contributed by atoms with Crippen LogP contribution in [-0.4, -0.2) is 0 Å². The largest absolute Gasteiger partial charge is 0.353 e. The molecule has 0 radical (unpaired) electrons. The Bertz CT molecular complexity index is 1880. The van der Waals surface area contributed by atoms with Gasteiger partial charge in [-0.15, -0.1) is 0 Å². The van der Waals surface area contributed by atoms with Crippen molar-refractivity contribution in [1.82, 2.24) is 0 Å². The molecule has 2 N–H and O–H groups in total. The molecule has 0 heterocycles. The summed E-state index contributed by atoms with van der Waals surface area (Å²) in [6.07, 6.45) is 0. The quantitative estimate of drug-likeness (QED) is 0.219. The van der Waals surface area contributed by atoms with Gasteiger partial charge in [-0.3, -0.25) is 0 Å². The highest BCUT2D eigenvalue weighted by molar-refractivity contribution is 6.08. The minimum absolute atomic E-state index is 1.02. The summed E-state index contributed by atoms with van der Waals surface area (Å²) in [7, 11) is 0. The number of hydrogen-bond acceptors (Lipinski definition) is 2. The van der Waals surface area contributed by atoms with Crippen molar-refractivity contribution < 1.29 is 0 Å². The van der Waals surface area contributed by atoms with Crippen LogP contribution in [0.3, 0.4) is 0 Å². The Balaban J connectivity index is 1.31. The van der Waals surface area contributed by atoms with E-state index in [1.165, 1.54) is 54.9 Å². The van der Waals surface area contributed by atoms with E-state index in [-0.39, 0.29) is 0 Å². The van der Waals surface area contributed by atoms with Gasteiger partial charge in [-0.25, -0.2) is 0 Å². The molecule has 0 aliphatic rings. The van der Waals surface area contributed by atoms with E-state index in [1.807, 2.05) is 0 Å². The summed E-state index contributed by atoms with van der Waals surface area (Å²) in [5.41, 5.74) is 11.6. The fourth-order valence-corrected chi connectivity index (χ4v) is 5.83. The van der Waals surface area contributed by atoms with Crippen LogP contribution in [0.5, 0.6) is 0 Å². The number of fused-ring (bicyclic) bond motifs is 2. The molecule has 2 heteroatoms. The van der Waals surface area contributed by atoms with Gasteiger partial charge in [-0.2, -0.15) is 0 Å². The van der Waals surface area contributed by atoms with Gasteiger partial charge in [0.15, 0.2) is 0 Å². The first-order valence-electron chi connectivity index (χ1n) is 14.4. The Labute approximate surface area is 247 Å². The summed E-state index contributed by atoms with van der Waals surface area (Å²) in [6, 6.07) is 52.0. The van der Waals surface area contributed by atoms with E-state index in [1.54, 1.807) is 0 Å². The molecule has 202 valence electrons. The van der Waals surface area contributed by atoms with Gasteiger partial charge in [0.1, 0.15) is 0 Å². The molecular weight excluding hydrogens is 508 g/mol. The number of benzene rings is 7. The maximum absolute atomic E-state index is 3.80. The first kappa shape index (κ1) is 25.6. The van der Waals surface area contributed by atoms with Gasteiger partial charge in [-0.1, -0.05) is 132 Å². The van der Waals surface area contributed by atoms with E-state index >= 15 is 0 Å². The van der Waals surface area contributed by atoms with Gasteiger partial charge in [-0.05, 0) is 71.1 Å². The summed E-state index contributed by atoms with van der Waals surface area (Å²) < 4.78 is 0. The SMILES string of the molecule is Cc1ccc(-c2cccc3cccc(Nc4ccccc4Nc4cccc5cccc(-c6ccc(C)cc6)c45)c23)cc1. The van der Waals surface area contributed by atoms with Crippen LogP contribution in [-0.2, 0) is 0 Å². The normalized spacial score (nSPS) is 11.1. The van der Waals surface area contributed by atoms with E-state index in [4.69, 9.17) is 0 Å². The van der Waals surface area contributed by atoms with Crippen LogP contribution < -0.4 is 10.6 Å². The van der Waals surface area contributed by atoms with Crippen LogP contribution in [0.15, 0.2) is 146 Å². The molecule has 0 bridgehead atoms. The lowest BCUT2D eigenvalue weighted by Gasteiger charge is -2.19. The number of nitrogens with one attached hydrogen (secondary N) is 2. The summed E-state index contributed by atoms with van der Waals surface area (Å²) in [5.74, 6) is 0. The van der Waals surface area contributed by atoms with Gasteiger partial charge in [0.25, 0.3) is 0 Å². The Morgan fingerprint density at radius 1 is 0.333 bits per heavy atom. The molecule has 0 aliphatic carbocycles. The van der Waals surface area contributed by atoms with Crippen LogP contribution in [0, 0.1) is 13.8 Å². The zero-order chi connectivity index (χ0) is 28.5. The molecule has 7 aromatic carbocycles.